The SMILES string of the molecule is CN(C)CC(=O)N(C)c1ccc(NC(=C2C(=O)Nc3nc(C(=O)O)ccc32)c2ccccc2)cc1. The highest BCUT2D eigenvalue weighted by Gasteiger charge is 2.30. The molecule has 3 aromatic rings. The molecule has 1 aliphatic heterocycles. The first-order valence-electron chi connectivity index (χ1n) is 10.9. The number of nitrogens with one attached hydrogen (secondary N) is 2. The number of carbonyl (C=O) groups is 3. The Labute approximate surface area is 202 Å². The Balaban J connectivity index is 1.71. The van der Waals surface area contributed by atoms with Gasteiger partial charge < -0.3 is 25.5 Å². The molecule has 178 valence electrons. The third-order valence-corrected chi connectivity index (χ3v) is 5.50. The Kier molecular flexibility index (Phi) is 6.61. The molecule has 3 N–H and O–H groups in total. The van der Waals surface area contributed by atoms with Gasteiger partial charge >= 0.3 is 5.97 Å². The van der Waals surface area contributed by atoms with E-state index in [-0.39, 0.29) is 23.3 Å². The standard InChI is InChI=1S/C26H25N5O4/c1-30(2)15-21(32)31(3)18-11-9-17(10-12-18)27-23(16-7-5-4-6-8-16)22-19-13-14-20(26(34)35)28-24(19)29-25(22)33/h4-14,27H,15H2,1-3H3,(H,34,35)(H,28,29,33). The number of aromatic nitrogens is 1. The maximum atomic E-state index is 13.0. The van der Waals surface area contributed by atoms with Gasteiger partial charge in [-0.2, -0.15) is 0 Å². The quantitative estimate of drug-likeness (QED) is 0.453. The lowest BCUT2D eigenvalue weighted by Crippen LogP contribution is -2.34. The second-order valence-electron chi connectivity index (χ2n) is 8.33. The number of carboxylic acids is 1. The van der Waals surface area contributed by atoms with Gasteiger partial charge in [-0.1, -0.05) is 30.3 Å². The molecule has 0 aliphatic carbocycles. The molecule has 9 nitrogen and oxygen atoms in total. The highest BCUT2D eigenvalue weighted by Crippen LogP contribution is 2.36. The molecule has 0 radical (unpaired) electrons. The Hall–Kier alpha value is -4.50. The summed E-state index contributed by atoms with van der Waals surface area (Å²) in [6, 6.07) is 19.6. The van der Waals surface area contributed by atoms with Gasteiger partial charge in [-0.3, -0.25) is 9.59 Å². The highest BCUT2D eigenvalue weighted by atomic mass is 16.4. The number of hydrogen-bond acceptors (Lipinski definition) is 6. The first-order chi connectivity index (χ1) is 16.7. The van der Waals surface area contributed by atoms with Gasteiger partial charge in [0.05, 0.1) is 17.8 Å². The average Bonchev–Trinajstić information content (AvgIpc) is 3.17. The fourth-order valence-electron chi connectivity index (χ4n) is 3.73. The first kappa shape index (κ1) is 23.7. The number of benzene rings is 2. The number of likely N-dealkylation sites (N-methyl/N-ethyl adjacent to an activating group) is 2. The van der Waals surface area contributed by atoms with Gasteiger partial charge in [0, 0.05) is 24.0 Å². The number of amides is 2. The molecule has 35 heavy (non-hydrogen) atoms. The van der Waals surface area contributed by atoms with Gasteiger partial charge in [-0.25, -0.2) is 9.78 Å². The van der Waals surface area contributed by atoms with Crippen LogP contribution >= 0.6 is 0 Å². The van der Waals surface area contributed by atoms with Crippen molar-refractivity contribution in [2.24, 2.45) is 0 Å². The molecule has 0 atom stereocenters. The molecule has 1 aliphatic rings. The molecular weight excluding hydrogens is 446 g/mol. The number of rotatable bonds is 7. The molecule has 2 heterocycles. The molecule has 2 aromatic carbocycles. The van der Waals surface area contributed by atoms with Gasteiger partial charge in [0.25, 0.3) is 5.91 Å². The fourth-order valence-corrected chi connectivity index (χ4v) is 3.73. The molecule has 0 fully saturated rings. The number of nitrogens with zero attached hydrogens (tertiary/aromatic N) is 3. The second kappa shape index (κ2) is 9.78. The van der Waals surface area contributed by atoms with E-state index in [9.17, 15) is 19.5 Å². The lowest BCUT2D eigenvalue weighted by molar-refractivity contribution is -0.119. The van der Waals surface area contributed by atoms with Crippen LogP contribution in [-0.4, -0.2) is 60.5 Å². The molecule has 9 heteroatoms. The van der Waals surface area contributed by atoms with E-state index in [1.165, 1.54) is 6.07 Å². The van der Waals surface area contributed by atoms with E-state index in [1.54, 1.807) is 18.0 Å². The smallest absolute Gasteiger partial charge is 0.354 e. The molecule has 0 saturated heterocycles. The van der Waals surface area contributed by atoms with E-state index in [1.807, 2.05) is 73.6 Å². The third kappa shape index (κ3) is 5.04. The van der Waals surface area contributed by atoms with Crippen molar-refractivity contribution in [1.82, 2.24) is 9.88 Å². The van der Waals surface area contributed by atoms with Crippen molar-refractivity contribution in [3.8, 4) is 0 Å². The van der Waals surface area contributed by atoms with Crippen molar-refractivity contribution >= 4 is 46.2 Å². The molecule has 0 unspecified atom stereocenters. The first-order valence-corrected chi connectivity index (χ1v) is 10.9. The van der Waals surface area contributed by atoms with Crippen molar-refractivity contribution in [3.05, 3.63) is 83.6 Å². The Morgan fingerprint density at radius 1 is 0.971 bits per heavy atom. The molecule has 0 saturated carbocycles. The average molecular weight is 472 g/mol. The maximum absolute atomic E-state index is 13.0. The molecule has 4 rings (SSSR count). The lowest BCUT2D eigenvalue weighted by atomic mass is 10.0. The van der Waals surface area contributed by atoms with Crippen LogP contribution < -0.4 is 15.5 Å². The summed E-state index contributed by atoms with van der Waals surface area (Å²) in [6.07, 6.45) is 0. The monoisotopic (exact) mass is 471 g/mol. The highest BCUT2D eigenvalue weighted by molar-refractivity contribution is 6.37. The Bertz CT molecular complexity index is 1320. The number of carboxylic acid groups (broad SMARTS) is 1. The van der Waals surface area contributed by atoms with E-state index in [0.717, 1.165) is 11.3 Å². The van der Waals surface area contributed by atoms with Crippen LogP contribution in [-0.2, 0) is 9.59 Å². The minimum absolute atomic E-state index is 0.0322. The predicted molar refractivity (Wildman–Crippen MR) is 135 cm³/mol. The number of fused-ring (bicyclic) bond motifs is 1. The van der Waals surface area contributed by atoms with Gasteiger partial charge in [0.15, 0.2) is 5.69 Å². The van der Waals surface area contributed by atoms with Crippen LogP contribution in [0.4, 0.5) is 17.2 Å². The zero-order valence-electron chi connectivity index (χ0n) is 19.6. The van der Waals surface area contributed by atoms with Crippen LogP contribution in [0, 0.1) is 0 Å². The second-order valence-corrected chi connectivity index (χ2v) is 8.33. The van der Waals surface area contributed by atoms with Crippen LogP contribution in [0.5, 0.6) is 0 Å². The Morgan fingerprint density at radius 3 is 2.29 bits per heavy atom. The summed E-state index contributed by atoms with van der Waals surface area (Å²) >= 11 is 0. The zero-order chi connectivity index (χ0) is 25.1. The van der Waals surface area contributed by atoms with Crippen LogP contribution in [0.25, 0.3) is 11.3 Å². The van der Waals surface area contributed by atoms with E-state index in [2.05, 4.69) is 15.6 Å². The van der Waals surface area contributed by atoms with E-state index in [0.29, 0.717) is 29.1 Å². The maximum Gasteiger partial charge on any atom is 0.354 e. The summed E-state index contributed by atoms with van der Waals surface area (Å²) in [7, 11) is 5.41. The molecule has 0 bridgehead atoms. The normalized spacial score (nSPS) is 13.8. The number of aromatic carboxylic acids is 1. The summed E-state index contributed by atoms with van der Waals surface area (Å²) in [5.74, 6) is -1.38. The van der Waals surface area contributed by atoms with Crippen molar-refractivity contribution in [3.63, 3.8) is 0 Å². The third-order valence-electron chi connectivity index (χ3n) is 5.50. The van der Waals surface area contributed by atoms with Crippen molar-refractivity contribution < 1.29 is 19.5 Å². The van der Waals surface area contributed by atoms with E-state index in [4.69, 9.17) is 0 Å². The van der Waals surface area contributed by atoms with Gasteiger partial charge in [0.1, 0.15) is 5.82 Å². The largest absolute Gasteiger partial charge is 0.477 e. The van der Waals surface area contributed by atoms with Crippen molar-refractivity contribution in [1.29, 1.82) is 0 Å². The minimum atomic E-state index is -1.17. The fraction of sp³-hybridized carbons (Fsp3) is 0.154. The molecule has 1 aromatic heterocycles. The van der Waals surface area contributed by atoms with Crippen molar-refractivity contribution in [2.45, 2.75) is 0 Å². The van der Waals surface area contributed by atoms with Crippen LogP contribution in [0.2, 0.25) is 0 Å². The number of pyridine rings is 1. The van der Waals surface area contributed by atoms with Crippen LogP contribution in [0.1, 0.15) is 21.6 Å². The zero-order valence-corrected chi connectivity index (χ0v) is 19.6. The summed E-state index contributed by atoms with van der Waals surface area (Å²) < 4.78 is 0. The molecule has 0 spiro atoms. The summed E-state index contributed by atoms with van der Waals surface area (Å²) in [4.78, 5) is 44.1. The summed E-state index contributed by atoms with van der Waals surface area (Å²) in [5.41, 5.74) is 3.50. The number of hydrogen-bond donors (Lipinski definition) is 3. The number of anilines is 3. The molecule has 2 amide bonds. The molecular formula is C26H25N5O4. The van der Waals surface area contributed by atoms with Crippen LogP contribution in [0.3, 0.4) is 0 Å². The van der Waals surface area contributed by atoms with E-state index >= 15 is 0 Å². The predicted octanol–water partition coefficient (Wildman–Crippen LogP) is 3.24. The number of carbonyl (C=O) groups excluding carboxylic acids is 2. The van der Waals surface area contributed by atoms with Crippen molar-refractivity contribution in [2.75, 3.05) is 43.2 Å². The van der Waals surface area contributed by atoms with Gasteiger partial charge in [-0.15, -0.1) is 0 Å². The minimum Gasteiger partial charge on any atom is -0.477 e. The van der Waals surface area contributed by atoms with Crippen LogP contribution in [0.15, 0.2) is 66.7 Å². The topological polar surface area (TPSA) is 115 Å². The van der Waals surface area contributed by atoms with E-state index < -0.39 is 5.97 Å². The Morgan fingerprint density at radius 2 is 1.66 bits per heavy atom. The lowest BCUT2D eigenvalue weighted by Gasteiger charge is -2.20. The summed E-state index contributed by atoms with van der Waals surface area (Å²) in [5, 5.41) is 15.2. The summed E-state index contributed by atoms with van der Waals surface area (Å²) in [6.45, 7) is 0.299. The van der Waals surface area contributed by atoms with Gasteiger partial charge in [0.2, 0.25) is 5.91 Å². The van der Waals surface area contributed by atoms with Gasteiger partial charge in [-0.05, 0) is 56.1 Å².